The van der Waals surface area contributed by atoms with Crippen molar-refractivity contribution in [3.05, 3.63) is 47.3 Å². The van der Waals surface area contributed by atoms with E-state index in [1.807, 2.05) is 6.08 Å². The fourth-order valence-electron chi connectivity index (χ4n) is 3.36. The van der Waals surface area contributed by atoms with Gasteiger partial charge in [-0.25, -0.2) is 0 Å². The minimum atomic E-state index is 0.347. The van der Waals surface area contributed by atoms with E-state index in [0.717, 1.165) is 31.3 Å². The molecule has 2 unspecified atom stereocenters. The van der Waals surface area contributed by atoms with Crippen molar-refractivity contribution < 1.29 is 5.11 Å². The van der Waals surface area contributed by atoms with Gasteiger partial charge in [0.15, 0.2) is 0 Å². The molecule has 0 saturated heterocycles. The van der Waals surface area contributed by atoms with Crippen LogP contribution in [-0.4, -0.2) is 5.11 Å². The number of allylic oxidation sites excluding steroid dienone is 7. The Labute approximate surface area is 142 Å². The molecule has 0 saturated carbocycles. The standard InChI is InChI=1S/C22H32O/c1-6-8-9-11-19(10-7-2)15-21(23)16-20-14-18(5)12-13-22(20)17(3)4/h2,10,14-15,20,22-23H,3,6,8-9,11-13,16H2,1,4-5H3/b19-10-,21-15+. The van der Waals surface area contributed by atoms with Crippen molar-refractivity contribution in [3.63, 3.8) is 0 Å². The summed E-state index contributed by atoms with van der Waals surface area (Å²) in [5.74, 6) is 3.84. The first-order chi connectivity index (χ1) is 11.0. The summed E-state index contributed by atoms with van der Waals surface area (Å²) in [6, 6.07) is 0. The molecule has 0 bridgehead atoms. The molecule has 1 aliphatic carbocycles. The first-order valence-electron chi connectivity index (χ1n) is 8.85. The second kappa shape index (κ2) is 10.2. The molecule has 2 atom stereocenters. The molecular weight excluding hydrogens is 280 g/mol. The van der Waals surface area contributed by atoms with Gasteiger partial charge in [0, 0.05) is 6.42 Å². The molecule has 0 heterocycles. The van der Waals surface area contributed by atoms with Gasteiger partial charge in [-0.05, 0) is 69.1 Å². The van der Waals surface area contributed by atoms with Gasteiger partial charge in [0.1, 0.15) is 0 Å². The maximum absolute atomic E-state index is 10.4. The average Bonchev–Trinajstić information content (AvgIpc) is 2.47. The lowest BCUT2D eigenvalue weighted by atomic mass is 9.76. The fraction of sp³-hybridized carbons (Fsp3) is 0.545. The Bertz CT molecular complexity index is 525. The maximum Gasteiger partial charge on any atom is 0.0931 e. The van der Waals surface area contributed by atoms with E-state index in [-0.39, 0.29) is 0 Å². The Balaban J connectivity index is 2.79. The molecule has 0 amide bonds. The molecule has 1 nitrogen and oxygen atoms in total. The maximum atomic E-state index is 10.4. The number of terminal acetylenes is 1. The summed E-state index contributed by atoms with van der Waals surface area (Å²) in [5.41, 5.74) is 3.69. The van der Waals surface area contributed by atoms with Gasteiger partial charge in [-0.1, -0.05) is 49.5 Å². The van der Waals surface area contributed by atoms with Crippen LogP contribution in [0.3, 0.4) is 0 Å². The van der Waals surface area contributed by atoms with Crippen LogP contribution in [0.4, 0.5) is 0 Å². The largest absolute Gasteiger partial charge is 0.512 e. The Kier molecular flexibility index (Phi) is 8.56. The predicted octanol–water partition coefficient (Wildman–Crippen LogP) is 6.51. The summed E-state index contributed by atoms with van der Waals surface area (Å²) in [7, 11) is 0. The summed E-state index contributed by atoms with van der Waals surface area (Å²) in [6.45, 7) is 10.6. The van der Waals surface area contributed by atoms with Crippen LogP contribution in [-0.2, 0) is 0 Å². The van der Waals surface area contributed by atoms with Gasteiger partial charge in [-0.3, -0.25) is 0 Å². The topological polar surface area (TPSA) is 20.2 Å². The minimum Gasteiger partial charge on any atom is -0.512 e. The Morgan fingerprint density at radius 3 is 2.83 bits per heavy atom. The second-order valence-corrected chi connectivity index (χ2v) is 6.85. The molecule has 0 aromatic carbocycles. The molecule has 0 fully saturated rings. The van der Waals surface area contributed by atoms with E-state index >= 15 is 0 Å². The van der Waals surface area contributed by atoms with E-state index in [4.69, 9.17) is 6.42 Å². The molecule has 1 aliphatic rings. The van der Waals surface area contributed by atoms with Gasteiger partial charge >= 0.3 is 0 Å². The zero-order chi connectivity index (χ0) is 17.2. The van der Waals surface area contributed by atoms with E-state index in [9.17, 15) is 5.11 Å². The molecular formula is C22H32O. The van der Waals surface area contributed by atoms with E-state index in [1.54, 1.807) is 6.08 Å². The van der Waals surface area contributed by atoms with Gasteiger partial charge in [0.2, 0.25) is 0 Å². The highest BCUT2D eigenvalue weighted by Crippen LogP contribution is 2.36. The Hall–Kier alpha value is -1.68. The van der Waals surface area contributed by atoms with Crippen molar-refractivity contribution >= 4 is 0 Å². The van der Waals surface area contributed by atoms with Crippen molar-refractivity contribution in [1.29, 1.82) is 0 Å². The number of aliphatic hydroxyl groups excluding tert-OH is 1. The van der Waals surface area contributed by atoms with Gasteiger partial charge in [0.05, 0.1) is 5.76 Å². The molecule has 1 heteroatoms. The lowest BCUT2D eigenvalue weighted by Gasteiger charge is -2.30. The van der Waals surface area contributed by atoms with Gasteiger partial charge < -0.3 is 5.11 Å². The van der Waals surface area contributed by atoms with Crippen LogP contribution in [0.5, 0.6) is 0 Å². The van der Waals surface area contributed by atoms with Crippen molar-refractivity contribution in [2.24, 2.45) is 11.8 Å². The molecule has 0 aliphatic heterocycles. The van der Waals surface area contributed by atoms with Crippen molar-refractivity contribution in [1.82, 2.24) is 0 Å². The average molecular weight is 312 g/mol. The van der Waals surface area contributed by atoms with E-state index in [0.29, 0.717) is 24.0 Å². The highest BCUT2D eigenvalue weighted by Gasteiger charge is 2.25. The summed E-state index contributed by atoms with van der Waals surface area (Å²) in [4.78, 5) is 0. The monoisotopic (exact) mass is 312 g/mol. The molecule has 0 radical (unpaired) electrons. The highest BCUT2D eigenvalue weighted by atomic mass is 16.3. The van der Waals surface area contributed by atoms with Crippen LogP contribution in [0.1, 0.15) is 65.7 Å². The summed E-state index contributed by atoms with van der Waals surface area (Å²) >= 11 is 0. The third kappa shape index (κ3) is 6.95. The van der Waals surface area contributed by atoms with Crippen LogP contribution in [0.15, 0.2) is 47.3 Å². The summed E-state index contributed by atoms with van der Waals surface area (Å²) in [6.07, 6.45) is 18.8. The normalized spacial score (nSPS) is 22.4. The van der Waals surface area contributed by atoms with Crippen LogP contribution in [0, 0.1) is 24.2 Å². The number of unbranched alkanes of at least 4 members (excludes halogenated alkanes) is 2. The van der Waals surface area contributed by atoms with Crippen molar-refractivity contribution in [2.45, 2.75) is 65.7 Å². The number of rotatable bonds is 8. The van der Waals surface area contributed by atoms with Crippen LogP contribution in [0.2, 0.25) is 0 Å². The number of hydrogen-bond donors (Lipinski definition) is 1. The molecule has 0 aromatic heterocycles. The lowest BCUT2D eigenvalue weighted by molar-refractivity contribution is 0.320. The van der Waals surface area contributed by atoms with E-state index in [2.05, 4.69) is 39.3 Å². The lowest BCUT2D eigenvalue weighted by Crippen LogP contribution is -2.19. The summed E-state index contributed by atoms with van der Waals surface area (Å²) in [5, 5.41) is 10.4. The third-order valence-electron chi connectivity index (χ3n) is 4.63. The highest BCUT2D eigenvalue weighted by molar-refractivity contribution is 5.29. The predicted molar refractivity (Wildman–Crippen MR) is 101 cm³/mol. The quantitative estimate of drug-likeness (QED) is 0.178. The third-order valence-corrected chi connectivity index (χ3v) is 4.63. The Morgan fingerprint density at radius 1 is 1.48 bits per heavy atom. The van der Waals surface area contributed by atoms with Crippen molar-refractivity contribution in [3.8, 4) is 12.3 Å². The van der Waals surface area contributed by atoms with Crippen LogP contribution >= 0.6 is 0 Å². The van der Waals surface area contributed by atoms with Crippen molar-refractivity contribution in [2.75, 3.05) is 0 Å². The first kappa shape index (κ1) is 19.4. The van der Waals surface area contributed by atoms with E-state index < -0.39 is 0 Å². The molecule has 23 heavy (non-hydrogen) atoms. The smallest absolute Gasteiger partial charge is 0.0931 e. The molecule has 1 N–H and O–H groups in total. The fourth-order valence-corrected chi connectivity index (χ4v) is 3.36. The Morgan fingerprint density at radius 2 is 2.22 bits per heavy atom. The summed E-state index contributed by atoms with van der Waals surface area (Å²) < 4.78 is 0. The van der Waals surface area contributed by atoms with Crippen LogP contribution in [0.25, 0.3) is 0 Å². The number of hydrogen-bond acceptors (Lipinski definition) is 1. The van der Waals surface area contributed by atoms with Gasteiger partial charge in [-0.15, -0.1) is 6.42 Å². The second-order valence-electron chi connectivity index (χ2n) is 6.85. The zero-order valence-electron chi connectivity index (χ0n) is 15.1. The molecule has 126 valence electrons. The van der Waals surface area contributed by atoms with E-state index in [1.165, 1.54) is 24.0 Å². The zero-order valence-corrected chi connectivity index (χ0v) is 15.1. The number of aliphatic hydroxyl groups is 1. The molecule has 0 aromatic rings. The van der Waals surface area contributed by atoms with Gasteiger partial charge in [0.25, 0.3) is 0 Å². The first-order valence-corrected chi connectivity index (χ1v) is 8.85. The van der Waals surface area contributed by atoms with Gasteiger partial charge in [-0.2, -0.15) is 0 Å². The van der Waals surface area contributed by atoms with Crippen LogP contribution < -0.4 is 0 Å². The molecule has 1 rings (SSSR count). The minimum absolute atomic E-state index is 0.347. The molecule has 0 spiro atoms. The SMILES string of the molecule is C#C/C=C(\C=C(\O)CC1C=C(C)CCC1C(=C)C)CCCCC.